The van der Waals surface area contributed by atoms with Crippen molar-refractivity contribution in [3.8, 4) is 67.7 Å². The van der Waals surface area contributed by atoms with Crippen molar-refractivity contribution in [3.63, 3.8) is 0 Å². The molecule has 8 aromatic carbocycles. The van der Waals surface area contributed by atoms with Crippen molar-refractivity contribution in [2.75, 3.05) is 0 Å². The average Bonchev–Trinajstić information content (AvgIpc) is 3.67. The van der Waals surface area contributed by atoms with Crippen LogP contribution in [0.2, 0.25) is 0 Å². The molecule has 266 valence electrons. The summed E-state index contributed by atoms with van der Waals surface area (Å²) < 4.78 is 6.60. The number of fused-ring (bicyclic) bond motifs is 6. The molecule has 0 aliphatic rings. The SMILES string of the molecule is c1ccc(-c2nc(-c3ccccc3)nc(-c3cccc(-c4ccc(-c5c6c(cc7c(-c8ccccc8)nc8ccccc8c57)oc5ccccc56)cc4)c3)n2)cc1. The van der Waals surface area contributed by atoms with E-state index in [4.69, 9.17) is 24.4 Å². The minimum Gasteiger partial charge on any atom is -0.456 e. The summed E-state index contributed by atoms with van der Waals surface area (Å²) in [5.74, 6) is 1.90. The summed E-state index contributed by atoms with van der Waals surface area (Å²) in [6, 6.07) is 66.9. The maximum Gasteiger partial charge on any atom is 0.164 e. The predicted molar refractivity (Wildman–Crippen MR) is 233 cm³/mol. The van der Waals surface area contributed by atoms with Gasteiger partial charge in [0.25, 0.3) is 0 Å². The number of rotatable bonds is 6. The Bertz CT molecular complexity index is 3210. The summed E-state index contributed by atoms with van der Waals surface area (Å²) in [6.45, 7) is 0. The van der Waals surface area contributed by atoms with Gasteiger partial charge in [-0.2, -0.15) is 0 Å². The van der Waals surface area contributed by atoms with E-state index in [-0.39, 0.29) is 0 Å². The fourth-order valence-corrected chi connectivity index (χ4v) is 8.03. The quantitative estimate of drug-likeness (QED) is 0.160. The van der Waals surface area contributed by atoms with Gasteiger partial charge in [0.05, 0.1) is 11.2 Å². The Balaban J connectivity index is 1.08. The zero-order chi connectivity index (χ0) is 37.7. The van der Waals surface area contributed by atoms with Gasteiger partial charge in [0.1, 0.15) is 11.2 Å². The van der Waals surface area contributed by atoms with E-state index in [1.165, 1.54) is 0 Å². The summed E-state index contributed by atoms with van der Waals surface area (Å²) in [7, 11) is 0. The van der Waals surface area contributed by atoms with Crippen molar-refractivity contribution < 1.29 is 4.42 Å². The van der Waals surface area contributed by atoms with Crippen LogP contribution >= 0.6 is 0 Å². The van der Waals surface area contributed by atoms with Gasteiger partial charge < -0.3 is 4.42 Å². The van der Waals surface area contributed by atoms with Gasteiger partial charge in [-0.1, -0.05) is 170 Å². The minimum atomic E-state index is 0.626. The molecule has 0 radical (unpaired) electrons. The Kier molecular flexibility index (Phi) is 7.74. The lowest BCUT2D eigenvalue weighted by Gasteiger charge is -2.16. The van der Waals surface area contributed by atoms with Crippen LogP contribution in [-0.2, 0) is 0 Å². The highest BCUT2D eigenvalue weighted by Crippen LogP contribution is 2.46. The summed E-state index contributed by atoms with van der Waals surface area (Å²) >= 11 is 0. The van der Waals surface area contributed by atoms with Crippen LogP contribution in [0.4, 0.5) is 0 Å². The van der Waals surface area contributed by atoms with Gasteiger partial charge in [-0.3, -0.25) is 0 Å². The van der Waals surface area contributed by atoms with E-state index in [1.807, 2.05) is 78.9 Å². The number of benzene rings is 8. The Morgan fingerprint density at radius 1 is 0.298 bits per heavy atom. The molecule has 0 fully saturated rings. The van der Waals surface area contributed by atoms with Crippen molar-refractivity contribution in [2.24, 2.45) is 0 Å². The third-order valence-corrected chi connectivity index (χ3v) is 10.7. The van der Waals surface area contributed by atoms with E-state index in [0.29, 0.717) is 17.5 Å². The van der Waals surface area contributed by atoms with Crippen LogP contribution in [0.15, 0.2) is 199 Å². The smallest absolute Gasteiger partial charge is 0.164 e. The molecule has 0 unspecified atom stereocenters. The number of nitrogens with zero attached hydrogens (tertiary/aromatic N) is 4. The molecule has 0 N–H and O–H groups in total. The van der Waals surface area contributed by atoms with Gasteiger partial charge in [0, 0.05) is 54.7 Å². The van der Waals surface area contributed by atoms with E-state index in [2.05, 4.69) is 115 Å². The van der Waals surface area contributed by atoms with Gasteiger partial charge in [-0.05, 0) is 41.0 Å². The van der Waals surface area contributed by atoms with Gasteiger partial charge in [0.2, 0.25) is 0 Å². The van der Waals surface area contributed by atoms with Crippen LogP contribution in [0.25, 0.3) is 111 Å². The summed E-state index contributed by atoms with van der Waals surface area (Å²) in [5.41, 5.74) is 11.9. The van der Waals surface area contributed by atoms with E-state index < -0.39 is 0 Å². The molecule has 0 aliphatic carbocycles. The van der Waals surface area contributed by atoms with Crippen molar-refractivity contribution in [1.29, 1.82) is 0 Å². The molecule has 11 aromatic rings. The van der Waals surface area contributed by atoms with Crippen LogP contribution < -0.4 is 0 Å². The molecule has 0 saturated carbocycles. The summed E-state index contributed by atoms with van der Waals surface area (Å²) in [5, 5.41) is 5.51. The summed E-state index contributed by atoms with van der Waals surface area (Å²) in [6.07, 6.45) is 0. The highest BCUT2D eigenvalue weighted by molar-refractivity contribution is 6.27. The summed E-state index contributed by atoms with van der Waals surface area (Å²) in [4.78, 5) is 20.1. The first-order valence-electron chi connectivity index (χ1n) is 19.1. The minimum absolute atomic E-state index is 0.626. The molecule has 11 rings (SSSR count). The molecule has 0 bridgehead atoms. The predicted octanol–water partition coefficient (Wildman–Crippen LogP) is 13.5. The molecule has 3 aromatic heterocycles. The van der Waals surface area contributed by atoms with Crippen molar-refractivity contribution in [3.05, 3.63) is 194 Å². The third kappa shape index (κ3) is 5.72. The number of hydrogen-bond donors (Lipinski definition) is 0. The zero-order valence-corrected chi connectivity index (χ0v) is 30.7. The lowest BCUT2D eigenvalue weighted by Crippen LogP contribution is -2.00. The van der Waals surface area contributed by atoms with Gasteiger partial charge in [0.15, 0.2) is 17.5 Å². The fraction of sp³-hybridized carbons (Fsp3) is 0. The maximum absolute atomic E-state index is 6.60. The number of para-hydroxylation sites is 2. The van der Waals surface area contributed by atoms with Crippen molar-refractivity contribution >= 4 is 43.6 Å². The second-order valence-electron chi connectivity index (χ2n) is 14.2. The Morgan fingerprint density at radius 2 is 0.825 bits per heavy atom. The second kappa shape index (κ2) is 13.5. The van der Waals surface area contributed by atoms with Gasteiger partial charge in [-0.25, -0.2) is 19.9 Å². The molecule has 0 atom stereocenters. The molecule has 3 heterocycles. The van der Waals surface area contributed by atoms with Crippen LogP contribution in [0.5, 0.6) is 0 Å². The topological polar surface area (TPSA) is 64.7 Å². The third-order valence-electron chi connectivity index (χ3n) is 10.7. The molecule has 0 saturated heterocycles. The molecule has 0 spiro atoms. The highest BCUT2D eigenvalue weighted by atomic mass is 16.3. The average molecular weight is 729 g/mol. The van der Waals surface area contributed by atoms with Crippen molar-refractivity contribution in [2.45, 2.75) is 0 Å². The van der Waals surface area contributed by atoms with Crippen LogP contribution in [0, 0.1) is 0 Å². The Hall–Kier alpha value is -7.76. The standard InChI is InChI=1S/C52H32N4O/c1-4-15-35(16-5-1)49-42-32-45-48(41-24-11-13-26-44(41)57-45)46(47(42)40-23-10-12-25-43(40)53-49)34-29-27-33(28-30-34)38-21-14-22-39(31-38)52-55-50(36-17-6-2-7-18-36)54-51(56-52)37-19-8-3-9-20-37/h1-32H. The molecule has 0 amide bonds. The van der Waals surface area contributed by atoms with Gasteiger partial charge in [-0.15, -0.1) is 0 Å². The first-order chi connectivity index (χ1) is 28.2. The normalized spacial score (nSPS) is 11.5. The molecular weight excluding hydrogens is 697 g/mol. The Labute approximate surface area is 328 Å². The van der Waals surface area contributed by atoms with E-state index >= 15 is 0 Å². The lowest BCUT2D eigenvalue weighted by atomic mass is 9.89. The first-order valence-corrected chi connectivity index (χ1v) is 19.1. The zero-order valence-electron chi connectivity index (χ0n) is 30.7. The first kappa shape index (κ1) is 32.7. The van der Waals surface area contributed by atoms with Gasteiger partial charge >= 0.3 is 0 Å². The molecule has 5 nitrogen and oxygen atoms in total. The number of furan rings is 1. The van der Waals surface area contributed by atoms with E-state index in [1.54, 1.807) is 0 Å². The molecule has 57 heavy (non-hydrogen) atoms. The fourth-order valence-electron chi connectivity index (χ4n) is 8.03. The largest absolute Gasteiger partial charge is 0.456 e. The number of hydrogen-bond acceptors (Lipinski definition) is 5. The van der Waals surface area contributed by atoms with Crippen molar-refractivity contribution in [1.82, 2.24) is 19.9 Å². The van der Waals surface area contributed by atoms with Crippen LogP contribution in [0.1, 0.15) is 0 Å². The molecule has 0 aliphatic heterocycles. The maximum atomic E-state index is 6.60. The monoisotopic (exact) mass is 728 g/mol. The van der Waals surface area contributed by atoms with Crippen LogP contribution in [-0.4, -0.2) is 19.9 Å². The highest BCUT2D eigenvalue weighted by Gasteiger charge is 2.22. The molecule has 5 heteroatoms. The molecular formula is C52H32N4O. The van der Waals surface area contributed by atoms with E-state index in [0.717, 1.165) is 93.8 Å². The second-order valence-corrected chi connectivity index (χ2v) is 14.2. The number of pyridine rings is 1. The van der Waals surface area contributed by atoms with E-state index in [9.17, 15) is 0 Å². The number of aromatic nitrogens is 4. The lowest BCUT2D eigenvalue weighted by molar-refractivity contribution is 0.669. The van der Waals surface area contributed by atoms with Crippen LogP contribution in [0.3, 0.4) is 0 Å². The Morgan fingerprint density at radius 3 is 1.51 bits per heavy atom.